The molecule has 14 heavy (non-hydrogen) atoms. The van der Waals surface area contributed by atoms with Crippen molar-refractivity contribution in [2.24, 2.45) is 5.73 Å². The average molecular weight is 214 g/mol. The van der Waals surface area contributed by atoms with Crippen LogP contribution in [0.3, 0.4) is 0 Å². The van der Waals surface area contributed by atoms with Crippen molar-refractivity contribution >= 4 is 11.3 Å². The molecule has 4 heteroatoms. The van der Waals surface area contributed by atoms with Gasteiger partial charge in [0, 0.05) is 26.7 Å². The standard InChI is InChI=1S/C10H18N2OS/c1-12(7-10(5-11)13-2)6-9-3-4-14-8-9/h3-4,8,10H,5-7,11H2,1-2H3. The van der Waals surface area contributed by atoms with E-state index in [1.807, 2.05) is 0 Å². The van der Waals surface area contributed by atoms with Gasteiger partial charge in [-0.05, 0) is 29.4 Å². The maximum absolute atomic E-state index is 5.56. The van der Waals surface area contributed by atoms with E-state index in [0.29, 0.717) is 6.54 Å². The minimum Gasteiger partial charge on any atom is -0.379 e. The zero-order chi connectivity index (χ0) is 10.4. The Morgan fingerprint density at radius 1 is 1.64 bits per heavy atom. The van der Waals surface area contributed by atoms with Gasteiger partial charge < -0.3 is 10.5 Å². The molecule has 2 N–H and O–H groups in total. The van der Waals surface area contributed by atoms with Gasteiger partial charge in [0.05, 0.1) is 6.10 Å². The highest BCUT2D eigenvalue weighted by Crippen LogP contribution is 2.08. The minimum absolute atomic E-state index is 0.138. The van der Waals surface area contributed by atoms with Crippen LogP contribution in [0.2, 0.25) is 0 Å². The third-order valence-electron chi connectivity index (χ3n) is 2.14. The monoisotopic (exact) mass is 214 g/mol. The number of ether oxygens (including phenoxy) is 1. The van der Waals surface area contributed by atoms with E-state index in [1.54, 1.807) is 18.4 Å². The summed E-state index contributed by atoms with van der Waals surface area (Å²) < 4.78 is 5.23. The first kappa shape index (κ1) is 11.7. The lowest BCUT2D eigenvalue weighted by atomic mass is 10.3. The number of nitrogens with two attached hydrogens (primary N) is 1. The number of hydrogen-bond acceptors (Lipinski definition) is 4. The van der Waals surface area contributed by atoms with Crippen molar-refractivity contribution in [3.8, 4) is 0 Å². The molecule has 1 rings (SSSR count). The second-order valence-electron chi connectivity index (χ2n) is 3.42. The van der Waals surface area contributed by atoms with Crippen LogP contribution in [0.1, 0.15) is 5.56 Å². The van der Waals surface area contributed by atoms with Gasteiger partial charge in [0.15, 0.2) is 0 Å². The Labute approximate surface area is 89.5 Å². The fourth-order valence-corrected chi connectivity index (χ4v) is 2.01. The molecule has 1 atom stereocenters. The molecule has 0 saturated carbocycles. The zero-order valence-corrected chi connectivity index (χ0v) is 9.59. The van der Waals surface area contributed by atoms with Crippen molar-refractivity contribution in [2.75, 3.05) is 27.2 Å². The molecular formula is C10H18N2OS. The highest BCUT2D eigenvalue weighted by atomic mass is 32.1. The molecule has 0 saturated heterocycles. The Bertz CT molecular complexity index is 234. The van der Waals surface area contributed by atoms with Gasteiger partial charge in [-0.3, -0.25) is 4.90 Å². The summed E-state index contributed by atoms with van der Waals surface area (Å²) in [6.45, 7) is 2.41. The number of hydrogen-bond donors (Lipinski definition) is 1. The predicted molar refractivity (Wildman–Crippen MR) is 60.5 cm³/mol. The van der Waals surface area contributed by atoms with Gasteiger partial charge in [-0.15, -0.1) is 0 Å². The summed E-state index contributed by atoms with van der Waals surface area (Å²) in [6, 6.07) is 2.14. The molecule has 0 aliphatic carbocycles. The van der Waals surface area contributed by atoms with Crippen LogP contribution in [0.5, 0.6) is 0 Å². The first-order valence-corrected chi connectivity index (χ1v) is 5.63. The van der Waals surface area contributed by atoms with Crippen molar-refractivity contribution in [1.29, 1.82) is 0 Å². The van der Waals surface area contributed by atoms with Crippen molar-refractivity contribution < 1.29 is 4.74 Å². The lowest BCUT2D eigenvalue weighted by molar-refractivity contribution is 0.0762. The van der Waals surface area contributed by atoms with Crippen molar-refractivity contribution in [2.45, 2.75) is 12.6 Å². The van der Waals surface area contributed by atoms with Crippen molar-refractivity contribution in [1.82, 2.24) is 4.90 Å². The number of nitrogens with zero attached hydrogens (tertiary/aromatic N) is 1. The fourth-order valence-electron chi connectivity index (χ4n) is 1.35. The molecule has 80 valence electrons. The van der Waals surface area contributed by atoms with Crippen LogP contribution in [-0.2, 0) is 11.3 Å². The Morgan fingerprint density at radius 2 is 2.43 bits per heavy atom. The summed E-state index contributed by atoms with van der Waals surface area (Å²) >= 11 is 1.73. The lowest BCUT2D eigenvalue weighted by Gasteiger charge is -2.21. The molecule has 1 aromatic rings. The van der Waals surface area contributed by atoms with Crippen molar-refractivity contribution in [3.63, 3.8) is 0 Å². The maximum atomic E-state index is 5.56. The third-order valence-corrected chi connectivity index (χ3v) is 2.88. The normalized spacial score (nSPS) is 13.4. The van der Waals surface area contributed by atoms with Gasteiger partial charge in [-0.1, -0.05) is 0 Å². The first-order chi connectivity index (χ1) is 6.76. The van der Waals surface area contributed by atoms with Crippen molar-refractivity contribution in [3.05, 3.63) is 22.4 Å². The molecule has 0 spiro atoms. The second kappa shape index (κ2) is 6.14. The molecule has 1 heterocycles. The van der Waals surface area contributed by atoms with E-state index in [4.69, 9.17) is 10.5 Å². The largest absolute Gasteiger partial charge is 0.379 e. The average Bonchev–Trinajstić information content (AvgIpc) is 2.66. The van der Waals surface area contributed by atoms with Crippen LogP contribution in [-0.4, -0.2) is 38.3 Å². The molecular weight excluding hydrogens is 196 g/mol. The van der Waals surface area contributed by atoms with E-state index < -0.39 is 0 Å². The van der Waals surface area contributed by atoms with E-state index in [-0.39, 0.29) is 6.10 Å². The van der Waals surface area contributed by atoms with Gasteiger partial charge in [-0.2, -0.15) is 11.3 Å². The van der Waals surface area contributed by atoms with E-state index >= 15 is 0 Å². The molecule has 3 nitrogen and oxygen atoms in total. The summed E-state index contributed by atoms with van der Waals surface area (Å²) in [5, 5.41) is 4.26. The summed E-state index contributed by atoms with van der Waals surface area (Å²) in [5.41, 5.74) is 6.91. The molecule has 1 aromatic heterocycles. The molecule has 0 aliphatic rings. The van der Waals surface area contributed by atoms with Crippen LogP contribution >= 0.6 is 11.3 Å². The van der Waals surface area contributed by atoms with E-state index in [9.17, 15) is 0 Å². The smallest absolute Gasteiger partial charge is 0.0820 e. The molecule has 0 amide bonds. The van der Waals surface area contributed by atoms with Crippen LogP contribution in [0.4, 0.5) is 0 Å². The fraction of sp³-hybridized carbons (Fsp3) is 0.600. The maximum Gasteiger partial charge on any atom is 0.0820 e. The highest BCUT2D eigenvalue weighted by molar-refractivity contribution is 7.07. The second-order valence-corrected chi connectivity index (χ2v) is 4.20. The molecule has 0 aromatic carbocycles. The Morgan fingerprint density at radius 3 is 2.93 bits per heavy atom. The summed E-state index contributed by atoms with van der Waals surface area (Å²) in [6.07, 6.45) is 0.138. The summed E-state index contributed by atoms with van der Waals surface area (Å²) in [4.78, 5) is 2.23. The van der Waals surface area contributed by atoms with E-state index in [2.05, 4.69) is 28.8 Å². The van der Waals surface area contributed by atoms with Gasteiger partial charge in [0.1, 0.15) is 0 Å². The Kier molecular flexibility index (Phi) is 5.11. The number of rotatable bonds is 6. The minimum atomic E-state index is 0.138. The van der Waals surface area contributed by atoms with Gasteiger partial charge in [0.25, 0.3) is 0 Å². The molecule has 0 bridgehead atoms. The van der Waals surface area contributed by atoms with Crippen LogP contribution in [0.15, 0.2) is 16.8 Å². The zero-order valence-electron chi connectivity index (χ0n) is 8.77. The Balaban J connectivity index is 2.31. The molecule has 0 fully saturated rings. The molecule has 1 unspecified atom stereocenters. The van der Waals surface area contributed by atoms with E-state index in [1.165, 1.54) is 5.56 Å². The van der Waals surface area contributed by atoms with Gasteiger partial charge >= 0.3 is 0 Å². The summed E-state index contributed by atoms with van der Waals surface area (Å²) in [5.74, 6) is 0. The first-order valence-electron chi connectivity index (χ1n) is 4.68. The lowest BCUT2D eigenvalue weighted by Crippen LogP contribution is -2.35. The molecule has 0 radical (unpaired) electrons. The number of methoxy groups -OCH3 is 1. The molecule has 0 aliphatic heterocycles. The summed E-state index contributed by atoms with van der Waals surface area (Å²) in [7, 11) is 3.79. The third kappa shape index (κ3) is 3.75. The Hall–Kier alpha value is -0.420. The number of thiophene rings is 1. The quantitative estimate of drug-likeness (QED) is 0.772. The van der Waals surface area contributed by atoms with E-state index in [0.717, 1.165) is 13.1 Å². The van der Waals surface area contributed by atoms with Gasteiger partial charge in [-0.25, -0.2) is 0 Å². The predicted octanol–water partition coefficient (Wildman–Crippen LogP) is 1.15. The van der Waals surface area contributed by atoms with Crippen LogP contribution in [0, 0.1) is 0 Å². The SMILES string of the molecule is COC(CN)CN(C)Cc1ccsc1. The number of likely N-dealkylation sites (N-methyl/N-ethyl adjacent to an activating group) is 1. The van der Waals surface area contributed by atoms with Gasteiger partial charge in [0.2, 0.25) is 0 Å². The van der Waals surface area contributed by atoms with Crippen LogP contribution in [0.25, 0.3) is 0 Å². The highest BCUT2D eigenvalue weighted by Gasteiger charge is 2.08. The van der Waals surface area contributed by atoms with Crippen LogP contribution < -0.4 is 5.73 Å². The topological polar surface area (TPSA) is 38.5 Å².